The number of hydrogen-bond donors (Lipinski definition) is 3. The molecular formula is C24H23N3O5. The molecule has 0 aliphatic rings. The molecule has 3 rings (SSSR count). The van der Waals surface area contributed by atoms with Gasteiger partial charge in [0.25, 0.3) is 11.8 Å². The Kier molecular flexibility index (Phi) is 7.80. The van der Waals surface area contributed by atoms with Crippen molar-refractivity contribution in [3.63, 3.8) is 0 Å². The molecule has 8 nitrogen and oxygen atoms in total. The summed E-state index contributed by atoms with van der Waals surface area (Å²) in [5, 5.41) is 5.17. The Bertz CT molecular complexity index is 1070. The van der Waals surface area contributed by atoms with Crippen molar-refractivity contribution in [2.75, 3.05) is 25.1 Å². The summed E-state index contributed by atoms with van der Waals surface area (Å²) < 4.78 is 11.3. The average molecular weight is 433 g/mol. The molecule has 0 aliphatic carbocycles. The lowest BCUT2D eigenvalue weighted by Crippen LogP contribution is -2.33. The fourth-order valence-corrected chi connectivity index (χ4v) is 2.78. The smallest absolute Gasteiger partial charge is 0.259 e. The first kappa shape index (κ1) is 22.4. The van der Waals surface area contributed by atoms with Crippen LogP contribution >= 0.6 is 0 Å². The monoisotopic (exact) mass is 433 g/mol. The van der Waals surface area contributed by atoms with Gasteiger partial charge in [-0.15, -0.1) is 0 Å². The van der Waals surface area contributed by atoms with Gasteiger partial charge < -0.3 is 25.8 Å². The summed E-state index contributed by atoms with van der Waals surface area (Å²) >= 11 is 0. The number of primary amides is 1. The van der Waals surface area contributed by atoms with Crippen LogP contribution in [0.2, 0.25) is 0 Å². The lowest BCUT2D eigenvalue weighted by atomic mass is 10.1. The fraction of sp³-hybridized carbons (Fsp3) is 0.125. The molecule has 3 amide bonds. The van der Waals surface area contributed by atoms with Crippen molar-refractivity contribution in [2.24, 2.45) is 5.73 Å². The standard InChI is InChI=1S/C24H23N3O5/c25-22(28)16-26-23(29)17-10-12-18(13-11-17)27-24(30)20-8-4-5-9-21(20)32-15-14-31-19-6-2-1-3-7-19/h1-13H,14-16H2,(H2,25,28)(H,26,29)(H,27,30). The molecule has 0 unspecified atom stereocenters. The van der Waals surface area contributed by atoms with E-state index in [2.05, 4.69) is 10.6 Å². The Morgan fingerprint density at radius 2 is 1.41 bits per heavy atom. The van der Waals surface area contributed by atoms with E-state index in [-0.39, 0.29) is 19.1 Å². The summed E-state index contributed by atoms with van der Waals surface area (Å²) in [7, 11) is 0. The quantitative estimate of drug-likeness (QED) is 0.425. The molecule has 0 aliphatic heterocycles. The summed E-state index contributed by atoms with van der Waals surface area (Å²) in [5.74, 6) is -0.235. The first-order chi connectivity index (χ1) is 15.5. The van der Waals surface area contributed by atoms with Crippen molar-refractivity contribution in [1.29, 1.82) is 0 Å². The van der Waals surface area contributed by atoms with Gasteiger partial charge in [0.1, 0.15) is 24.7 Å². The van der Waals surface area contributed by atoms with Gasteiger partial charge in [-0.25, -0.2) is 0 Å². The van der Waals surface area contributed by atoms with Crippen LogP contribution in [-0.4, -0.2) is 37.5 Å². The maximum Gasteiger partial charge on any atom is 0.259 e. The van der Waals surface area contributed by atoms with Crippen molar-refractivity contribution in [2.45, 2.75) is 0 Å². The van der Waals surface area contributed by atoms with Gasteiger partial charge in [-0.1, -0.05) is 30.3 Å². The Balaban J connectivity index is 1.56. The number of ether oxygens (including phenoxy) is 2. The Hall–Kier alpha value is -4.33. The highest BCUT2D eigenvalue weighted by Crippen LogP contribution is 2.20. The number of rotatable bonds is 10. The van der Waals surface area contributed by atoms with Crippen LogP contribution in [0.3, 0.4) is 0 Å². The molecule has 164 valence electrons. The van der Waals surface area contributed by atoms with E-state index in [1.165, 1.54) is 12.1 Å². The minimum atomic E-state index is -0.630. The van der Waals surface area contributed by atoms with E-state index in [9.17, 15) is 14.4 Å². The van der Waals surface area contributed by atoms with Gasteiger partial charge >= 0.3 is 0 Å². The van der Waals surface area contributed by atoms with Crippen LogP contribution in [-0.2, 0) is 4.79 Å². The molecule has 3 aromatic rings. The van der Waals surface area contributed by atoms with Crippen molar-refractivity contribution in [3.8, 4) is 11.5 Å². The fourth-order valence-electron chi connectivity index (χ4n) is 2.78. The highest BCUT2D eigenvalue weighted by Gasteiger charge is 2.13. The summed E-state index contributed by atoms with van der Waals surface area (Å²) in [5.41, 5.74) is 6.23. The van der Waals surface area contributed by atoms with E-state index in [1.54, 1.807) is 36.4 Å². The highest BCUT2D eigenvalue weighted by molar-refractivity contribution is 6.06. The number of nitrogens with one attached hydrogen (secondary N) is 2. The zero-order valence-corrected chi connectivity index (χ0v) is 17.2. The van der Waals surface area contributed by atoms with E-state index in [0.717, 1.165) is 5.75 Å². The SMILES string of the molecule is NC(=O)CNC(=O)c1ccc(NC(=O)c2ccccc2OCCOc2ccccc2)cc1. The number of hydrogen-bond acceptors (Lipinski definition) is 5. The predicted octanol–water partition coefficient (Wildman–Crippen LogP) is 2.61. The van der Waals surface area contributed by atoms with Crippen molar-refractivity contribution < 1.29 is 23.9 Å². The van der Waals surface area contributed by atoms with Crippen molar-refractivity contribution >= 4 is 23.4 Å². The molecule has 0 fully saturated rings. The number of para-hydroxylation sites is 2. The third-order valence-electron chi connectivity index (χ3n) is 4.31. The first-order valence-electron chi connectivity index (χ1n) is 9.90. The third-order valence-corrected chi connectivity index (χ3v) is 4.31. The van der Waals surface area contributed by atoms with Crippen LogP contribution < -0.4 is 25.8 Å². The average Bonchev–Trinajstić information content (AvgIpc) is 2.81. The van der Waals surface area contributed by atoms with Crippen molar-refractivity contribution in [1.82, 2.24) is 5.32 Å². The van der Waals surface area contributed by atoms with Crippen LogP contribution in [0.4, 0.5) is 5.69 Å². The Morgan fingerprint density at radius 3 is 2.12 bits per heavy atom. The molecule has 4 N–H and O–H groups in total. The number of nitrogens with two attached hydrogens (primary N) is 1. The summed E-state index contributed by atoms with van der Waals surface area (Å²) in [6.45, 7) is 0.359. The van der Waals surface area contributed by atoms with Gasteiger partial charge in [0.2, 0.25) is 5.91 Å². The predicted molar refractivity (Wildman–Crippen MR) is 120 cm³/mol. The molecule has 0 atom stereocenters. The zero-order chi connectivity index (χ0) is 22.8. The lowest BCUT2D eigenvalue weighted by molar-refractivity contribution is -0.117. The summed E-state index contributed by atoms with van der Waals surface area (Å²) in [6.07, 6.45) is 0. The summed E-state index contributed by atoms with van der Waals surface area (Å²) in [6, 6.07) is 22.5. The molecule has 32 heavy (non-hydrogen) atoms. The minimum Gasteiger partial charge on any atom is -0.490 e. The van der Waals surface area contributed by atoms with Crippen LogP contribution in [0.15, 0.2) is 78.9 Å². The van der Waals surface area contributed by atoms with Gasteiger partial charge in [0.05, 0.1) is 12.1 Å². The van der Waals surface area contributed by atoms with Gasteiger partial charge in [-0.3, -0.25) is 14.4 Å². The Labute approximate surface area is 185 Å². The molecule has 0 bridgehead atoms. The molecule has 0 aromatic heterocycles. The van der Waals surface area contributed by atoms with Crippen LogP contribution in [0.5, 0.6) is 11.5 Å². The molecule has 3 aromatic carbocycles. The zero-order valence-electron chi connectivity index (χ0n) is 17.2. The molecular weight excluding hydrogens is 410 g/mol. The number of benzene rings is 3. The van der Waals surface area contributed by atoms with Gasteiger partial charge in [-0.2, -0.15) is 0 Å². The van der Waals surface area contributed by atoms with E-state index in [4.69, 9.17) is 15.2 Å². The maximum absolute atomic E-state index is 12.7. The third kappa shape index (κ3) is 6.60. The molecule has 0 heterocycles. The lowest BCUT2D eigenvalue weighted by Gasteiger charge is -2.12. The van der Waals surface area contributed by atoms with Crippen LogP contribution in [0, 0.1) is 0 Å². The van der Waals surface area contributed by atoms with Gasteiger partial charge in [-0.05, 0) is 48.5 Å². The topological polar surface area (TPSA) is 120 Å². The highest BCUT2D eigenvalue weighted by atomic mass is 16.5. The molecule has 0 spiro atoms. The van der Waals surface area contributed by atoms with Gasteiger partial charge in [0.15, 0.2) is 0 Å². The molecule has 0 saturated heterocycles. The van der Waals surface area contributed by atoms with Crippen LogP contribution in [0.1, 0.15) is 20.7 Å². The second-order valence-corrected chi connectivity index (χ2v) is 6.69. The molecule has 8 heteroatoms. The molecule has 0 radical (unpaired) electrons. The maximum atomic E-state index is 12.7. The van der Waals surface area contributed by atoms with E-state index >= 15 is 0 Å². The summed E-state index contributed by atoms with van der Waals surface area (Å²) in [4.78, 5) is 35.4. The van der Waals surface area contributed by atoms with E-state index < -0.39 is 11.8 Å². The first-order valence-corrected chi connectivity index (χ1v) is 9.90. The number of carbonyl (C=O) groups excluding carboxylic acids is 3. The van der Waals surface area contributed by atoms with Crippen LogP contribution in [0.25, 0.3) is 0 Å². The van der Waals surface area contributed by atoms with E-state index in [1.807, 2.05) is 30.3 Å². The van der Waals surface area contributed by atoms with Crippen molar-refractivity contribution in [3.05, 3.63) is 90.0 Å². The molecule has 0 saturated carbocycles. The second-order valence-electron chi connectivity index (χ2n) is 6.69. The van der Waals surface area contributed by atoms with E-state index in [0.29, 0.717) is 29.2 Å². The number of carbonyl (C=O) groups is 3. The largest absolute Gasteiger partial charge is 0.490 e. The number of anilines is 1. The Morgan fingerprint density at radius 1 is 0.750 bits per heavy atom. The second kappa shape index (κ2) is 11.2. The minimum absolute atomic E-state index is 0.246. The normalized spacial score (nSPS) is 10.1. The number of amides is 3. The van der Waals surface area contributed by atoms with Gasteiger partial charge in [0, 0.05) is 11.3 Å².